The highest BCUT2D eigenvalue weighted by molar-refractivity contribution is 7.10. The number of hydrogen-bond acceptors (Lipinski definition) is 4. The maximum Gasteiger partial charge on any atom is 0.307 e. The quantitative estimate of drug-likeness (QED) is 0.558. The lowest BCUT2D eigenvalue weighted by Crippen LogP contribution is -2.48. The van der Waals surface area contributed by atoms with E-state index in [1.165, 1.54) is 11.3 Å². The third kappa shape index (κ3) is 2.94. The van der Waals surface area contributed by atoms with Crippen LogP contribution in [0.2, 0.25) is 0 Å². The Balaban J connectivity index is 1.75. The summed E-state index contributed by atoms with van der Waals surface area (Å²) in [4.78, 5) is 37.9. The molecule has 4 atom stereocenters. The first-order valence-corrected chi connectivity index (χ1v) is 9.67. The van der Waals surface area contributed by atoms with Crippen molar-refractivity contribution < 1.29 is 19.5 Å². The molecule has 3 N–H and O–H groups in total. The number of rotatable bonds is 3. The molecule has 0 radical (unpaired) electrons. The van der Waals surface area contributed by atoms with E-state index in [4.69, 9.17) is 0 Å². The number of aryl methyl sites for hydroxylation is 1. The van der Waals surface area contributed by atoms with E-state index in [1.54, 1.807) is 5.38 Å². The van der Waals surface area contributed by atoms with Crippen molar-refractivity contribution in [1.82, 2.24) is 10.9 Å². The molecule has 0 spiro atoms. The van der Waals surface area contributed by atoms with E-state index in [2.05, 4.69) is 10.9 Å². The maximum atomic E-state index is 12.7. The second kappa shape index (κ2) is 6.87. The number of aliphatic carboxylic acids is 1. The Morgan fingerprint density at radius 2 is 1.69 bits per heavy atom. The van der Waals surface area contributed by atoms with Crippen LogP contribution in [-0.4, -0.2) is 22.9 Å². The van der Waals surface area contributed by atoms with Crippen LogP contribution in [0.4, 0.5) is 0 Å². The van der Waals surface area contributed by atoms with Gasteiger partial charge in [0.25, 0.3) is 5.91 Å². The van der Waals surface area contributed by atoms with Gasteiger partial charge in [0.05, 0.1) is 17.4 Å². The number of thiophene rings is 1. The van der Waals surface area contributed by atoms with Gasteiger partial charge >= 0.3 is 5.97 Å². The SMILES string of the molecule is CC(C)=C1[C@H]2CC[C@@H]1[C@H](C(=O)NNC(=O)c1csc(C)c1C)[C@H]2C(=O)O. The number of allylic oxidation sites excluding steroid dienone is 2. The van der Waals surface area contributed by atoms with Gasteiger partial charge in [-0.15, -0.1) is 11.3 Å². The molecule has 1 heterocycles. The number of nitrogens with one attached hydrogen (secondary N) is 2. The van der Waals surface area contributed by atoms with Crippen LogP contribution in [-0.2, 0) is 9.59 Å². The fourth-order valence-electron chi connectivity index (χ4n) is 4.61. The molecule has 1 aromatic heterocycles. The number of carboxylic acid groups (broad SMARTS) is 1. The van der Waals surface area contributed by atoms with E-state index in [0.29, 0.717) is 5.56 Å². The van der Waals surface area contributed by atoms with Crippen LogP contribution < -0.4 is 10.9 Å². The highest BCUT2D eigenvalue weighted by Gasteiger charge is 2.57. The largest absolute Gasteiger partial charge is 0.481 e. The summed E-state index contributed by atoms with van der Waals surface area (Å²) in [5, 5.41) is 11.4. The highest BCUT2D eigenvalue weighted by Crippen LogP contribution is 2.57. The minimum absolute atomic E-state index is 0.0480. The van der Waals surface area contributed by atoms with Crippen LogP contribution in [0.5, 0.6) is 0 Å². The Labute approximate surface area is 156 Å². The Morgan fingerprint density at radius 3 is 2.19 bits per heavy atom. The summed E-state index contributed by atoms with van der Waals surface area (Å²) in [7, 11) is 0. The van der Waals surface area contributed by atoms with E-state index in [0.717, 1.165) is 34.4 Å². The highest BCUT2D eigenvalue weighted by atomic mass is 32.1. The number of amides is 2. The van der Waals surface area contributed by atoms with Gasteiger partial charge in [0.2, 0.25) is 5.91 Å². The normalized spacial score (nSPS) is 26.7. The minimum Gasteiger partial charge on any atom is -0.481 e. The molecule has 2 aliphatic carbocycles. The second-order valence-electron chi connectivity index (χ2n) is 7.41. The fraction of sp³-hybridized carbons (Fsp3) is 0.526. The molecule has 1 aromatic rings. The van der Waals surface area contributed by atoms with Crippen molar-refractivity contribution in [1.29, 1.82) is 0 Å². The molecule has 6 nitrogen and oxygen atoms in total. The van der Waals surface area contributed by atoms with Crippen molar-refractivity contribution in [3.63, 3.8) is 0 Å². The van der Waals surface area contributed by atoms with Gasteiger partial charge < -0.3 is 5.11 Å². The van der Waals surface area contributed by atoms with Crippen LogP contribution in [0, 0.1) is 37.5 Å². The average molecular weight is 376 g/mol. The third-order valence-corrected chi connectivity index (χ3v) is 6.85. The van der Waals surface area contributed by atoms with Crippen molar-refractivity contribution in [3.05, 3.63) is 32.5 Å². The van der Waals surface area contributed by atoms with Crippen molar-refractivity contribution in [3.8, 4) is 0 Å². The molecular formula is C19H24N2O4S. The third-order valence-electron chi connectivity index (χ3n) is 5.84. The summed E-state index contributed by atoms with van der Waals surface area (Å²) >= 11 is 1.48. The predicted molar refractivity (Wildman–Crippen MR) is 98.6 cm³/mol. The molecule has 0 unspecified atom stereocenters. The molecule has 2 bridgehead atoms. The lowest BCUT2D eigenvalue weighted by Gasteiger charge is -2.26. The summed E-state index contributed by atoms with van der Waals surface area (Å²) in [6, 6.07) is 0. The molecule has 7 heteroatoms. The Morgan fingerprint density at radius 1 is 1.08 bits per heavy atom. The standard InChI is InChI=1S/C19H24N2O4S/c1-8(2)14-11-5-6-12(14)16(19(24)25)15(11)18(23)21-20-17(22)13-7-26-10(4)9(13)3/h7,11-12,15-16H,5-6H2,1-4H3,(H,20,22)(H,21,23)(H,24,25)/t11-,12+,15-,16-/m0/s1. The van der Waals surface area contributed by atoms with Gasteiger partial charge in [-0.25, -0.2) is 0 Å². The molecule has 2 saturated carbocycles. The number of hydrazine groups is 1. The fourth-order valence-corrected chi connectivity index (χ4v) is 5.48. The lowest BCUT2D eigenvalue weighted by atomic mass is 9.79. The number of hydrogen-bond donors (Lipinski definition) is 3. The summed E-state index contributed by atoms with van der Waals surface area (Å²) in [5.41, 5.74) is 8.56. The van der Waals surface area contributed by atoms with E-state index in [1.807, 2.05) is 27.7 Å². The molecule has 140 valence electrons. The molecule has 0 saturated heterocycles. The van der Waals surface area contributed by atoms with Gasteiger partial charge in [-0.1, -0.05) is 11.1 Å². The zero-order valence-corrected chi connectivity index (χ0v) is 16.2. The van der Waals surface area contributed by atoms with Crippen LogP contribution in [0.25, 0.3) is 0 Å². The Kier molecular flexibility index (Phi) is 4.92. The van der Waals surface area contributed by atoms with Gasteiger partial charge in [0.15, 0.2) is 0 Å². The topological polar surface area (TPSA) is 95.5 Å². The molecule has 26 heavy (non-hydrogen) atoms. The van der Waals surface area contributed by atoms with E-state index < -0.39 is 23.7 Å². The summed E-state index contributed by atoms with van der Waals surface area (Å²) < 4.78 is 0. The van der Waals surface area contributed by atoms with Gasteiger partial charge in [-0.05, 0) is 57.9 Å². The minimum atomic E-state index is -0.938. The monoisotopic (exact) mass is 376 g/mol. The van der Waals surface area contributed by atoms with E-state index >= 15 is 0 Å². The zero-order valence-electron chi connectivity index (χ0n) is 15.4. The smallest absolute Gasteiger partial charge is 0.307 e. The Bertz CT molecular complexity index is 806. The molecule has 2 aliphatic rings. The first-order chi connectivity index (χ1) is 12.2. The van der Waals surface area contributed by atoms with Crippen LogP contribution in [0.3, 0.4) is 0 Å². The molecule has 3 rings (SSSR count). The number of carbonyl (C=O) groups excluding carboxylic acids is 2. The van der Waals surface area contributed by atoms with Gasteiger partial charge in [0, 0.05) is 10.3 Å². The maximum absolute atomic E-state index is 12.7. The molecule has 0 aliphatic heterocycles. The first kappa shape index (κ1) is 18.6. The van der Waals surface area contributed by atoms with Crippen LogP contribution >= 0.6 is 11.3 Å². The number of fused-ring (bicyclic) bond motifs is 2. The number of carbonyl (C=O) groups is 3. The van der Waals surface area contributed by atoms with Gasteiger partial charge in [-0.2, -0.15) is 0 Å². The van der Waals surface area contributed by atoms with Crippen LogP contribution in [0.1, 0.15) is 47.5 Å². The lowest BCUT2D eigenvalue weighted by molar-refractivity contribution is -0.149. The van der Waals surface area contributed by atoms with Gasteiger partial charge in [0.1, 0.15) is 0 Å². The van der Waals surface area contributed by atoms with Crippen molar-refractivity contribution >= 4 is 29.1 Å². The van der Waals surface area contributed by atoms with Crippen molar-refractivity contribution in [2.75, 3.05) is 0 Å². The average Bonchev–Trinajstić information content (AvgIpc) is 3.24. The number of carboxylic acids is 1. The van der Waals surface area contributed by atoms with Crippen LogP contribution in [0.15, 0.2) is 16.5 Å². The Hall–Kier alpha value is -2.15. The summed E-state index contributed by atoms with van der Waals surface area (Å²) in [6.07, 6.45) is 1.63. The van der Waals surface area contributed by atoms with Crippen molar-refractivity contribution in [2.45, 2.75) is 40.5 Å². The summed E-state index contributed by atoms with van der Waals surface area (Å²) in [5.74, 6) is -3.21. The molecule has 0 aromatic carbocycles. The second-order valence-corrected chi connectivity index (χ2v) is 8.49. The van der Waals surface area contributed by atoms with Gasteiger partial charge in [-0.3, -0.25) is 25.2 Å². The molecular weight excluding hydrogens is 352 g/mol. The summed E-state index contributed by atoms with van der Waals surface area (Å²) in [6.45, 7) is 7.75. The first-order valence-electron chi connectivity index (χ1n) is 8.79. The zero-order chi connectivity index (χ0) is 19.2. The van der Waals surface area contributed by atoms with Crippen molar-refractivity contribution in [2.24, 2.45) is 23.7 Å². The molecule has 2 amide bonds. The van der Waals surface area contributed by atoms with E-state index in [-0.39, 0.29) is 17.7 Å². The predicted octanol–water partition coefficient (Wildman–Crippen LogP) is 2.82. The molecule has 2 fully saturated rings. The van der Waals surface area contributed by atoms with E-state index in [9.17, 15) is 19.5 Å².